The molecule has 1 aromatic carbocycles. The van der Waals surface area contributed by atoms with E-state index in [9.17, 15) is 4.39 Å². The number of benzene rings is 1. The zero-order chi connectivity index (χ0) is 14.4. The Labute approximate surface area is 117 Å². The molecule has 0 spiro atoms. The van der Waals surface area contributed by atoms with Crippen molar-refractivity contribution in [3.05, 3.63) is 59.7 Å². The first kappa shape index (κ1) is 14.4. The van der Waals surface area contributed by atoms with Gasteiger partial charge in [0.1, 0.15) is 0 Å². The highest BCUT2D eigenvalue weighted by Gasteiger charge is 2.11. The Morgan fingerprint density at radius 1 is 1.30 bits per heavy atom. The Kier molecular flexibility index (Phi) is 5.03. The van der Waals surface area contributed by atoms with Crippen molar-refractivity contribution in [3.8, 4) is 5.75 Å². The standard InChI is InChI=1S/C15H18FN3O/c1-20-15-5-4-11(9-14(15)16)7-13(19-17)8-12-3-2-6-18-10-12/h2-6,9-10,13,19H,7-8,17H2,1H3. The fraction of sp³-hybridized carbons (Fsp3) is 0.267. The maximum atomic E-state index is 13.6. The van der Waals surface area contributed by atoms with E-state index in [1.807, 2.05) is 18.2 Å². The molecule has 3 N–H and O–H groups in total. The number of pyridine rings is 1. The van der Waals surface area contributed by atoms with Gasteiger partial charge in [-0.3, -0.25) is 16.3 Å². The second-order valence-corrected chi connectivity index (χ2v) is 4.60. The molecule has 0 aliphatic heterocycles. The lowest BCUT2D eigenvalue weighted by molar-refractivity contribution is 0.386. The van der Waals surface area contributed by atoms with Gasteiger partial charge in [-0.05, 0) is 42.2 Å². The molecule has 1 heterocycles. The van der Waals surface area contributed by atoms with E-state index in [2.05, 4.69) is 10.4 Å². The SMILES string of the molecule is COc1ccc(CC(Cc2cccnc2)NN)cc1F. The van der Waals surface area contributed by atoms with Gasteiger partial charge >= 0.3 is 0 Å². The van der Waals surface area contributed by atoms with Gasteiger partial charge in [0.15, 0.2) is 11.6 Å². The van der Waals surface area contributed by atoms with Crippen LogP contribution in [-0.2, 0) is 12.8 Å². The number of hydrogen-bond acceptors (Lipinski definition) is 4. The molecular formula is C15H18FN3O. The molecule has 5 heteroatoms. The van der Waals surface area contributed by atoms with Crippen molar-refractivity contribution >= 4 is 0 Å². The van der Waals surface area contributed by atoms with Crippen molar-refractivity contribution < 1.29 is 9.13 Å². The minimum absolute atomic E-state index is 0.0204. The molecule has 20 heavy (non-hydrogen) atoms. The monoisotopic (exact) mass is 275 g/mol. The predicted octanol–water partition coefficient (Wildman–Crippen LogP) is 1.85. The second-order valence-electron chi connectivity index (χ2n) is 4.60. The summed E-state index contributed by atoms with van der Waals surface area (Å²) < 4.78 is 18.5. The van der Waals surface area contributed by atoms with Crippen LogP contribution in [-0.4, -0.2) is 18.1 Å². The summed E-state index contributed by atoms with van der Waals surface area (Å²) in [6, 6.07) is 8.85. The fourth-order valence-electron chi connectivity index (χ4n) is 2.11. The average Bonchev–Trinajstić information content (AvgIpc) is 2.48. The number of nitrogens with two attached hydrogens (primary N) is 1. The highest BCUT2D eigenvalue weighted by molar-refractivity contribution is 5.30. The quantitative estimate of drug-likeness (QED) is 0.624. The molecule has 2 aromatic rings. The molecule has 1 aromatic heterocycles. The molecule has 0 aliphatic carbocycles. The minimum atomic E-state index is -0.359. The summed E-state index contributed by atoms with van der Waals surface area (Å²) >= 11 is 0. The molecule has 0 radical (unpaired) electrons. The lowest BCUT2D eigenvalue weighted by Gasteiger charge is -2.16. The molecule has 1 unspecified atom stereocenters. The van der Waals surface area contributed by atoms with Gasteiger partial charge in [0.25, 0.3) is 0 Å². The van der Waals surface area contributed by atoms with E-state index >= 15 is 0 Å². The van der Waals surface area contributed by atoms with Crippen molar-refractivity contribution in [1.82, 2.24) is 10.4 Å². The number of aromatic nitrogens is 1. The van der Waals surface area contributed by atoms with Gasteiger partial charge in [0.05, 0.1) is 7.11 Å². The van der Waals surface area contributed by atoms with Gasteiger partial charge in [0, 0.05) is 18.4 Å². The van der Waals surface area contributed by atoms with Crippen molar-refractivity contribution in [2.24, 2.45) is 5.84 Å². The highest BCUT2D eigenvalue weighted by Crippen LogP contribution is 2.19. The molecule has 2 rings (SSSR count). The third-order valence-corrected chi connectivity index (χ3v) is 3.14. The van der Waals surface area contributed by atoms with E-state index in [-0.39, 0.29) is 17.6 Å². The summed E-state index contributed by atoms with van der Waals surface area (Å²) in [7, 11) is 1.45. The van der Waals surface area contributed by atoms with Gasteiger partial charge in [-0.25, -0.2) is 4.39 Å². The summed E-state index contributed by atoms with van der Waals surface area (Å²) in [6.45, 7) is 0. The minimum Gasteiger partial charge on any atom is -0.494 e. The molecular weight excluding hydrogens is 257 g/mol. The molecule has 0 aliphatic rings. The first-order valence-electron chi connectivity index (χ1n) is 6.40. The number of ether oxygens (including phenoxy) is 1. The van der Waals surface area contributed by atoms with E-state index in [4.69, 9.17) is 10.6 Å². The number of hydrazine groups is 1. The Hall–Kier alpha value is -1.98. The smallest absolute Gasteiger partial charge is 0.165 e. The number of halogens is 1. The summed E-state index contributed by atoms with van der Waals surface area (Å²) in [6.07, 6.45) is 4.90. The van der Waals surface area contributed by atoms with Crippen LogP contribution in [0.3, 0.4) is 0 Å². The molecule has 0 saturated heterocycles. The van der Waals surface area contributed by atoms with Gasteiger partial charge < -0.3 is 4.74 Å². The highest BCUT2D eigenvalue weighted by atomic mass is 19.1. The van der Waals surface area contributed by atoms with Crippen LogP contribution in [0.25, 0.3) is 0 Å². The maximum Gasteiger partial charge on any atom is 0.165 e. The first-order valence-corrected chi connectivity index (χ1v) is 6.40. The lowest BCUT2D eigenvalue weighted by atomic mass is 10.0. The van der Waals surface area contributed by atoms with E-state index in [0.29, 0.717) is 6.42 Å². The average molecular weight is 275 g/mol. The molecule has 0 bridgehead atoms. The molecule has 106 valence electrons. The number of nitrogens with zero attached hydrogens (tertiary/aromatic N) is 1. The Morgan fingerprint density at radius 3 is 2.70 bits per heavy atom. The van der Waals surface area contributed by atoms with Gasteiger partial charge in [-0.2, -0.15) is 0 Å². The fourth-order valence-corrected chi connectivity index (χ4v) is 2.11. The summed E-state index contributed by atoms with van der Waals surface area (Å²) in [5, 5.41) is 0. The molecule has 1 atom stereocenters. The Morgan fingerprint density at radius 2 is 2.10 bits per heavy atom. The third-order valence-electron chi connectivity index (χ3n) is 3.14. The zero-order valence-electron chi connectivity index (χ0n) is 11.3. The summed E-state index contributed by atoms with van der Waals surface area (Å²) in [5.74, 6) is 5.46. The number of hydrogen-bond donors (Lipinski definition) is 2. The molecule has 0 fully saturated rings. The van der Waals surface area contributed by atoms with E-state index in [0.717, 1.165) is 17.5 Å². The summed E-state index contributed by atoms with van der Waals surface area (Å²) in [5.41, 5.74) is 4.72. The van der Waals surface area contributed by atoms with Crippen LogP contribution in [0, 0.1) is 5.82 Å². The van der Waals surface area contributed by atoms with Gasteiger partial charge in [-0.1, -0.05) is 12.1 Å². The topological polar surface area (TPSA) is 60.2 Å². The van der Waals surface area contributed by atoms with Crippen molar-refractivity contribution in [2.75, 3.05) is 7.11 Å². The second kappa shape index (κ2) is 6.98. The molecule has 4 nitrogen and oxygen atoms in total. The van der Waals surface area contributed by atoms with Crippen LogP contribution in [0.1, 0.15) is 11.1 Å². The molecule has 0 amide bonds. The summed E-state index contributed by atoms with van der Waals surface area (Å²) in [4.78, 5) is 4.07. The van der Waals surface area contributed by atoms with Crippen LogP contribution in [0.15, 0.2) is 42.7 Å². The van der Waals surface area contributed by atoms with Crippen LogP contribution in [0.5, 0.6) is 5.75 Å². The lowest BCUT2D eigenvalue weighted by Crippen LogP contribution is -2.38. The molecule has 0 saturated carbocycles. The largest absolute Gasteiger partial charge is 0.494 e. The van der Waals surface area contributed by atoms with Gasteiger partial charge in [0.2, 0.25) is 0 Å². The van der Waals surface area contributed by atoms with E-state index in [1.165, 1.54) is 13.2 Å². The maximum absolute atomic E-state index is 13.6. The third kappa shape index (κ3) is 3.76. The van der Waals surface area contributed by atoms with Crippen molar-refractivity contribution in [2.45, 2.75) is 18.9 Å². The Bertz CT molecular complexity index is 548. The number of nitrogens with one attached hydrogen (secondary N) is 1. The number of methoxy groups -OCH3 is 1. The zero-order valence-corrected chi connectivity index (χ0v) is 11.3. The van der Waals surface area contributed by atoms with Crippen molar-refractivity contribution in [1.29, 1.82) is 0 Å². The Balaban J connectivity index is 2.04. The van der Waals surface area contributed by atoms with Crippen LogP contribution in [0.4, 0.5) is 4.39 Å². The van der Waals surface area contributed by atoms with Crippen LogP contribution in [0.2, 0.25) is 0 Å². The van der Waals surface area contributed by atoms with Crippen LogP contribution < -0.4 is 16.0 Å². The van der Waals surface area contributed by atoms with Crippen molar-refractivity contribution in [3.63, 3.8) is 0 Å². The predicted molar refractivity (Wildman–Crippen MR) is 75.7 cm³/mol. The first-order chi connectivity index (χ1) is 9.72. The van der Waals surface area contributed by atoms with Gasteiger partial charge in [-0.15, -0.1) is 0 Å². The van der Waals surface area contributed by atoms with E-state index < -0.39 is 0 Å². The normalized spacial score (nSPS) is 12.2. The number of rotatable bonds is 6. The van der Waals surface area contributed by atoms with Crippen LogP contribution >= 0.6 is 0 Å². The van der Waals surface area contributed by atoms with E-state index in [1.54, 1.807) is 18.5 Å².